The standard InChI is InChI=1S/C15H30N3O7P/c1-11(2)13(17-15(21)18-7-9-24-10-8-18)26(22,23)25-12(14(19)20)5-3-4-6-16/h11-13H,3-10,16H2,1-2H3,(H,17,21)(H,19,20)(H,22,23). The average Bonchev–Trinajstić information content (AvgIpc) is 2.58. The lowest BCUT2D eigenvalue weighted by atomic mass is 10.1. The van der Waals surface area contributed by atoms with Crippen molar-refractivity contribution in [3.63, 3.8) is 0 Å². The SMILES string of the molecule is CC(C)C(NC(=O)N1CCOCC1)P(=O)(O)OC(CCCCN)C(=O)O. The molecule has 1 aliphatic heterocycles. The van der Waals surface area contributed by atoms with E-state index in [4.69, 9.17) is 15.0 Å². The average molecular weight is 395 g/mol. The number of amides is 2. The molecule has 1 heterocycles. The minimum absolute atomic E-state index is 0.0688. The van der Waals surface area contributed by atoms with E-state index in [-0.39, 0.29) is 6.42 Å². The molecule has 0 radical (unpaired) electrons. The molecular weight excluding hydrogens is 365 g/mol. The van der Waals surface area contributed by atoms with E-state index in [0.717, 1.165) is 0 Å². The van der Waals surface area contributed by atoms with Crippen LogP contribution in [-0.4, -0.2) is 71.6 Å². The summed E-state index contributed by atoms with van der Waals surface area (Å²) in [5.74, 6) is -2.97. The summed E-state index contributed by atoms with van der Waals surface area (Å²) in [4.78, 5) is 35.5. The first-order valence-electron chi connectivity index (χ1n) is 8.76. The molecule has 1 fully saturated rings. The minimum atomic E-state index is -4.42. The summed E-state index contributed by atoms with van der Waals surface area (Å²) in [6.45, 7) is 5.26. The number of nitrogens with one attached hydrogen (secondary N) is 1. The van der Waals surface area contributed by atoms with E-state index in [0.29, 0.717) is 45.7 Å². The number of ether oxygens (including phenoxy) is 1. The van der Waals surface area contributed by atoms with Crippen molar-refractivity contribution in [2.75, 3.05) is 32.8 Å². The summed E-state index contributed by atoms with van der Waals surface area (Å²) in [6, 6.07) is -0.500. The van der Waals surface area contributed by atoms with Gasteiger partial charge in [-0.15, -0.1) is 0 Å². The number of nitrogens with two attached hydrogens (primary N) is 1. The van der Waals surface area contributed by atoms with Gasteiger partial charge in [0.1, 0.15) is 5.78 Å². The summed E-state index contributed by atoms with van der Waals surface area (Å²) in [5, 5.41) is 11.8. The number of carbonyl (C=O) groups is 2. The molecule has 0 saturated carbocycles. The number of urea groups is 1. The van der Waals surface area contributed by atoms with Gasteiger partial charge in [0.25, 0.3) is 0 Å². The Bertz CT molecular complexity index is 511. The fourth-order valence-corrected chi connectivity index (χ4v) is 4.27. The Hall–Kier alpha value is -1.19. The van der Waals surface area contributed by atoms with Crippen molar-refractivity contribution in [1.82, 2.24) is 10.2 Å². The van der Waals surface area contributed by atoms with Crippen LogP contribution in [0.4, 0.5) is 4.79 Å². The fraction of sp³-hybridized carbons (Fsp3) is 0.867. The lowest BCUT2D eigenvalue weighted by molar-refractivity contribution is -0.145. The summed E-state index contributed by atoms with van der Waals surface area (Å²) in [6.07, 6.45) is -0.317. The number of hydrogen-bond donors (Lipinski definition) is 4. The van der Waals surface area contributed by atoms with Gasteiger partial charge in [-0.2, -0.15) is 0 Å². The molecule has 10 nitrogen and oxygen atoms in total. The van der Waals surface area contributed by atoms with E-state index >= 15 is 0 Å². The molecule has 0 aromatic rings. The van der Waals surface area contributed by atoms with Crippen LogP contribution in [-0.2, 0) is 18.6 Å². The second-order valence-corrected chi connectivity index (χ2v) is 8.41. The fourth-order valence-electron chi connectivity index (χ4n) is 2.55. The summed E-state index contributed by atoms with van der Waals surface area (Å²) in [7, 11) is -4.42. The van der Waals surface area contributed by atoms with Crippen LogP contribution in [0.15, 0.2) is 0 Å². The molecule has 5 N–H and O–H groups in total. The van der Waals surface area contributed by atoms with Crippen molar-refractivity contribution in [2.24, 2.45) is 11.7 Å². The largest absolute Gasteiger partial charge is 0.479 e. The number of rotatable bonds is 10. The lowest BCUT2D eigenvalue weighted by Gasteiger charge is -2.32. The molecule has 11 heteroatoms. The van der Waals surface area contributed by atoms with Crippen LogP contribution in [0.1, 0.15) is 33.1 Å². The van der Waals surface area contributed by atoms with Crippen molar-refractivity contribution >= 4 is 19.6 Å². The highest BCUT2D eigenvalue weighted by Crippen LogP contribution is 2.50. The Morgan fingerprint density at radius 2 is 1.92 bits per heavy atom. The van der Waals surface area contributed by atoms with Crippen LogP contribution < -0.4 is 11.1 Å². The highest BCUT2D eigenvalue weighted by molar-refractivity contribution is 7.53. The van der Waals surface area contributed by atoms with Gasteiger partial charge in [-0.3, -0.25) is 9.09 Å². The van der Waals surface area contributed by atoms with E-state index in [1.165, 1.54) is 4.90 Å². The highest BCUT2D eigenvalue weighted by atomic mass is 31.2. The van der Waals surface area contributed by atoms with E-state index < -0.39 is 37.4 Å². The molecule has 1 rings (SSSR count). The van der Waals surface area contributed by atoms with Gasteiger partial charge in [0.2, 0.25) is 0 Å². The normalized spacial score (nSPS) is 19.7. The first kappa shape index (κ1) is 22.9. The van der Waals surface area contributed by atoms with Crippen molar-refractivity contribution in [2.45, 2.75) is 45.0 Å². The van der Waals surface area contributed by atoms with E-state index in [9.17, 15) is 24.2 Å². The molecule has 3 unspecified atom stereocenters. The van der Waals surface area contributed by atoms with Gasteiger partial charge < -0.3 is 30.7 Å². The Morgan fingerprint density at radius 1 is 1.31 bits per heavy atom. The van der Waals surface area contributed by atoms with Crippen LogP contribution in [0.3, 0.4) is 0 Å². The zero-order valence-electron chi connectivity index (χ0n) is 15.3. The number of nitrogens with zero attached hydrogens (tertiary/aromatic N) is 1. The molecule has 0 aliphatic carbocycles. The molecule has 152 valence electrons. The maximum absolute atomic E-state index is 12.7. The molecule has 0 bridgehead atoms. The Labute approximate surface area is 153 Å². The quantitative estimate of drug-likeness (QED) is 0.313. The topological polar surface area (TPSA) is 151 Å². The predicted octanol–water partition coefficient (Wildman–Crippen LogP) is 0.795. The minimum Gasteiger partial charge on any atom is -0.479 e. The molecule has 0 spiro atoms. The lowest BCUT2D eigenvalue weighted by Crippen LogP contribution is -2.50. The number of carboxylic acid groups (broad SMARTS) is 1. The number of carboxylic acids is 1. The zero-order valence-corrected chi connectivity index (χ0v) is 16.2. The van der Waals surface area contributed by atoms with Crippen LogP contribution in [0.2, 0.25) is 0 Å². The molecule has 1 saturated heterocycles. The maximum atomic E-state index is 12.7. The number of hydrogen-bond acceptors (Lipinski definition) is 6. The number of aliphatic carboxylic acids is 1. The summed E-state index contributed by atoms with van der Waals surface area (Å²) < 4.78 is 22.9. The third-order valence-corrected chi connectivity index (χ3v) is 6.01. The highest BCUT2D eigenvalue weighted by Gasteiger charge is 2.40. The van der Waals surface area contributed by atoms with Gasteiger partial charge in [-0.05, 0) is 31.7 Å². The molecule has 2 amide bonds. The Kier molecular flexibility index (Phi) is 9.52. The molecule has 1 aliphatic rings. The van der Waals surface area contributed by atoms with E-state index in [1.54, 1.807) is 13.8 Å². The number of carbonyl (C=O) groups excluding carboxylic acids is 1. The Balaban J connectivity index is 2.78. The van der Waals surface area contributed by atoms with Gasteiger partial charge in [0.05, 0.1) is 13.2 Å². The van der Waals surface area contributed by atoms with Crippen molar-refractivity contribution < 1.29 is 33.4 Å². The zero-order chi connectivity index (χ0) is 19.7. The first-order valence-corrected chi connectivity index (χ1v) is 10.4. The Morgan fingerprint density at radius 3 is 2.42 bits per heavy atom. The van der Waals surface area contributed by atoms with Gasteiger partial charge in [0.15, 0.2) is 6.10 Å². The third-order valence-electron chi connectivity index (χ3n) is 4.03. The molecule has 0 aromatic carbocycles. The third kappa shape index (κ3) is 7.20. The molecule has 3 atom stereocenters. The smallest absolute Gasteiger partial charge is 0.351 e. The van der Waals surface area contributed by atoms with Gasteiger partial charge in [-0.1, -0.05) is 13.8 Å². The second-order valence-electron chi connectivity index (χ2n) is 6.52. The van der Waals surface area contributed by atoms with Crippen molar-refractivity contribution in [3.8, 4) is 0 Å². The van der Waals surface area contributed by atoms with Crippen LogP contribution in [0, 0.1) is 5.92 Å². The van der Waals surface area contributed by atoms with Crippen molar-refractivity contribution in [3.05, 3.63) is 0 Å². The second kappa shape index (κ2) is 10.8. The van der Waals surface area contributed by atoms with Gasteiger partial charge in [0, 0.05) is 13.1 Å². The monoisotopic (exact) mass is 395 g/mol. The molecule has 0 aromatic heterocycles. The van der Waals surface area contributed by atoms with E-state index in [1.807, 2.05) is 0 Å². The van der Waals surface area contributed by atoms with Gasteiger partial charge >= 0.3 is 19.6 Å². The number of morpholine rings is 1. The maximum Gasteiger partial charge on any atom is 0.351 e. The molecular formula is C15H30N3O7P. The first-order chi connectivity index (χ1) is 12.2. The summed E-state index contributed by atoms with van der Waals surface area (Å²) >= 11 is 0. The molecule has 26 heavy (non-hydrogen) atoms. The van der Waals surface area contributed by atoms with E-state index in [2.05, 4.69) is 5.32 Å². The van der Waals surface area contributed by atoms with Crippen LogP contribution in [0.25, 0.3) is 0 Å². The summed E-state index contributed by atoms with van der Waals surface area (Å²) in [5.41, 5.74) is 5.38. The van der Waals surface area contributed by atoms with Crippen molar-refractivity contribution in [1.29, 1.82) is 0 Å². The number of unbranched alkanes of at least 4 members (excludes halogenated alkanes) is 1. The predicted molar refractivity (Wildman–Crippen MR) is 94.8 cm³/mol. The van der Waals surface area contributed by atoms with Crippen LogP contribution in [0.5, 0.6) is 0 Å². The van der Waals surface area contributed by atoms with Crippen LogP contribution >= 0.6 is 7.60 Å². The van der Waals surface area contributed by atoms with Gasteiger partial charge in [-0.25, -0.2) is 9.59 Å².